The lowest BCUT2D eigenvalue weighted by atomic mass is 9.98. The summed E-state index contributed by atoms with van der Waals surface area (Å²) in [6, 6.07) is 20.4. The van der Waals surface area contributed by atoms with E-state index >= 15 is 0 Å². The molecule has 0 aliphatic heterocycles. The van der Waals surface area contributed by atoms with Crippen molar-refractivity contribution >= 4 is 6.09 Å². The number of phenols is 1. The molecule has 0 saturated heterocycles. The lowest BCUT2D eigenvalue weighted by Gasteiger charge is -2.20. The number of rotatable bonds is 7. The van der Waals surface area contributed by atoms with Crippen LogP contribution in [0.25, 0.3) is 11.1 Å². The van der Waals surface area contributed by atoms with Crippen LogP contribution in [-0.2, 0) is 4.74 Å². The van der Waals surface area contributed by atoms with Gasteiger partial charge in [-0.25, -0.2) is 4.79 Å². The Morgan fingerprint density at radius 3 is 2.25 bits per heavy atom. The fourth-order valence-corrected chi connectivity index (χ4v) is 4.05. The van der Waals surface area contributed by atoms with Crippen LogP contribution in [0, 0.1) is 0 Å². The highest BCUT2D eigenvalue weighted by atomic mass is 16.5. The van der Waals surface area contributed by atoms with Crippen LogP contribution in [0.4, 0.5) is 4.79 Å². The number of nitrogens with one attached hydrogen (secondary N) is 1. The highest BCUT2D eigenvalue weighted by Crippen LogP contribution is 2.44. The van der Waals surface area contributed by atoms with Gasteiger partial charge < -0.3 is 30.1 Å². The van der Waals surface area contributed by atoms with E-state index in [0.29, 0.717) is 5.75 Å². The standard InChI is InChI=1S/C25H25NO6/c1-31-15-10-11-22(27)20(12-15)24(29)23(28)13-26-25(30)32-14-21-18-8-4-2-6-16(18)17-7-3-5-9-19(17)21/h2-12,21,23-24,27-29H,13-14H2,1H3,(H,26,30). The molecular formula is C25H25NO6. The molecule has 0 saturated carbocycles. The maximum absolute atomic E-state index is 12.3. The van der Waals surface area contributed by atoms with Crippen LogP contribution >= 0.6 is 0 Å². The van der Waals surface area contributed by atoms with Crippen molar-refractivity contribution in [3.05, 3.63) is 83.4 Å². The zero-order valence-corrected chi connectivity index (χ0v) is 17.6. The number of amides is 1. The second-order valence-corrected chi connectivity index (χ2v) is 7.64. The second-order valence-electron chi connectivity index (χ2n) is 7.64. The SMILES string of the molecule is COc1ccc(O)c(C(O)C(O)CNC(=O)OCC2c3ccccc3-c3ccccc32)c1. The molecule has 4 N–H and O–H groups in total. The average Bonchev–Trinajstić information content (AvgIpc) is 3.14. The number of alkyl carbamates (subject to hydrolysis) is 1. The molecule has 2 atom stereocenters. The van der Waals surface area contributed by atoms with Gasteiger partial charge in [0.1, 0.15) is 30.3 Å². The van der Waals surface area contributed by atoms with Crippen LogP contribution < -0.4 is 10.1 Å². The van der Waals surface area contributed by atoms with Crippen LogP contribution in [0.15, 0.2) is 66.7 Å². The Kier molecular flexibility index (Phi) is 6.30. The number of carbonyl (C=O) groups excluding carboxylic acids is 1. The largest absolute Gasteiger partial charge is 0.508 e. The third-order valence-corrected chi connectivity index (χ3v) is 5.72. The van der Waals surface area contributed by atoms with E-state index in [1.54, 1.807) is 0 Å². The maximum Gasteiger partial charge on any atom is 0.407 e. The predicted octanol–water partition coefficient (Wildman–Crippen LogP) is 3.33. The second kappa shape index (κ2) is 9.30. The van der Waals surface area contributed by atoms with Crippen molar-refractivity contribution < 1.29 is 29.6 Å². The van der Waals surface area contributed by atoms with Crippen molar-refractivity contribution in [1.29, 1.82) is 0 Å². The van der Waals surface area contributed by atoms with Crippen LogP contribution in [0.2, 0.25) is 0 Å². The van der Waals surface area contributed by atoms with Crippen molar-refractivity contribution in [1.82, 2.24) is 5.32 Å². The van der Waals surface area contributed by atoms with E-state index in [-0.39, 0.29) is 30.4 Å². The van der Waals surface area contributed by atoms with Gasteiger partial charge in [-0.15, -0.1) is 0 Å². The van der Waals surface area contributed by atoms with E-state index in [0.717, 1.165) is 22.3 Å². The van der Waals surface area contributed by atoms with E-state index in [9.17, 15) is 20.1 Å². The molecule has 0 spiro atoms. The number of ether oxygens (including phenoxy) is 2. The smallest absolute Gasteiger partial charge is 0.407 e. The Bertz CT molecular complexity index is 1070. The quantitative estimate of drug-likeness (QED) is 0.453. The highest BCUT2D eigenvalue weighted by molar-refractivity contribution is 5.79. The molecule has 1 amide bonds. The van der Waals surface area contributed by atoms with Gasteiger partial charge in [-0.3, -0.25) is 0 Å². The number of carbonyl (C=O) groups is 1. The molecule has 1 aliphatic rings. The van der Waals surface area contributed by atoms with Gasteiger partial charge in [-0.2, -0.15) is 0 Å². The number of hydrogen-bond acceptors (Lipinski definition) is 6. The fourth-order valence-electron chi connectivity index (χ4n) is 4.05. The predicted molar refractivity (Wildman–Crippen MR) is 119 cm³/mol. The number of phenolic OH excluding ortho intramolecular Hbond substituents is 1. The molecule has 1 aliphatic carbocycles. The number of benzene rings is 3. The summed E-state index contributed by atoms with van der Waals surface area (Å²) in [6.07, 6.45) is -3.47. The van der Waals surface area contributed by atoms with Crippen LogP contribution in [-0.4, -0.2) is 47.8 Å². The van der Waals surface area contributed by atoms with Crippen LogP contribution in [0.5, 0.6) is 11.5 Å². The minimum absolute atomic E-state index is 0.0719. The zero-order valence-electron chi connectivity index (χ0n) is 17.6. The van der Waals surface area contributed by atoms with E-state index in [1.807, 2.05) is 36.4 Å². The van der Waals surface area contributed by atoms with Gasteiger partial charge in [0.25, 0.3) is 0 Å². The van der Waals surface area contributed by atoms with Gasteiger partial charge >= 0.3 is 6.09 Å². The molecule has 3 aromatic rings. The number of methoxy groups -OCH3 is 1. The van der Waals surface area contributed by atoms with Crippen LogP contribution in [0.3, 0.4) is 0 Å². The van der Waals surface area contributed by atoms with Gasteiger partial charge in [0.2, 0.25) is 0 Å². The summed E-state index contributed by atoms with van der Waals surface area (Å²) in [5, 5.41) is 33.1. The monoisotopic (exact) mass is 435 g/mol. The van der Waals surface area contributed by atoms with Crippen molar-refractivity contribution in [2.24, 2.45) is 0 Å². The Labute approximate surface area is 185 Å². The molecular weight excluding hydrogens is 410 g/mol. The molecule has 0 radical (unpaired) electrons. The van der Waals surface area contributed by atoms with Crippen molar-refractivity contribution in [3.8, 4) is 22.6 Å². The number of fused-ring (bicyclic) bond motifs is 3. The lowest BCUT2D eigenvalue weighted by molar-refractivity contribution is 0.0172. The maximum atomic E-state index is 12.3. The van der Waals surface area contributed by atoms with Crippen LogP contribution in [0.1, 0.15) is 28.7 Å². The molecule has 2 unspecified atom stereocenters. The van der Waals surface area contributed by atoms with E-state index < -0.39 is 18.3 Å². The molecule has 3 aromatic carbocycles. The molecule has 32 heavy (non-hydrogen) atoms. The Balaban J connectivity index is 1.35. The first-order valence-electron chi connectivity index (χ1n) is 10.3. The molecule has 166 valence electrons. The van der Waals surface area contributed by atoms with Crippen molar-refractivity contribution in [3.63, 3.8) is 0 Å². The first-order chi connectivity index (χ1) is 15.5. The Hall–Kier alpha value is -3.55. The van der Waals surface area contributed by atoms with Crippen molar-refractivity contribution in [2.45, 2.75) is 18.1 Å². The summed E-state index contributed by atoms with van der Waals surface area (Å²) in [7, 11) is 1.46. The number of aliphatic hydroxyl groups excluding tert-OH is 2. The molecule has 4 rings (SSSR count). The van der Waals surface area contributed by atoms with Gasteiger partial charge in [-0.05, 0) is 40.5 Å². The highest BCUT2D eigenvalue weighted by Gasteiger charge is 2.29. The lowest BCUT2D eigenvalue weighted by Crippen LogP contribution is -2.36. The first-order valence-corrected chi connectivity index (χ1v) is 10.3. The van der Waals surface area contributed by atoms with E-state index in [4.69, 9.17) is 9.47 Å². The minimum Gasteiger partial charge on any atom is -0.508 e. The molecule has 0 aromatic heterocycles. The number of hydrogen-bond donors (Lipinski definition) is 4. The Morgan fingerprint density at radius 1 is 1.00 bits per heavy atom. The number of aromatic hydroxyl groups is 1. The fraction of sp³-hybridized carbons (Fsp3) is 0.240. The normalized spacial score (nSPS) is 14.2. The molecule has 7 nitrogen and oxygen atoms in total. The molecule has 0 fully saturated rings. The third kappa shape index (κ3) is 4.26. The summed E-state index contributed by atoms with van der Waals surface area (Å²) >= 11 is 0. The van der Waals surface area contributed by atoms with Crippen molar-refractivity contribution in [2.75, 3.05) is 20.3 Å². The average molecular weight is 435 g/mol. The molecule has 0 bridgehead atoms. The van der Waals surface area contributed by atoms with E-state index in [1.165, 1.54) is 25.3 Å². The Morgan fingerprint density at radius 2 is 1.62 bits per heavy atom. The van der Waals surface area contributed by atoms with Gasteiger partial charge in [0.15, 0.2) is 0 Å². The summed E-state index contributed by atoms with van der Waals surface area (Å²) in [4.78, 5) is 12.3. The number of aliphatic hydroxyl groups is 2. The molecule has 7 heteroatoms. The molecule has 0 heterocycles. The van der Waals surface area contributed by atoms with Gasteiger partial charge in [0.05, 0.1) is 7.11 Å². The van der Waals surface area contributed by atoms with Gasteiger partial charge in [0, 0.05) is 18.0 Å². The minimum atomic E-state index is -1.42. The zero-order chi connectivity index (χ0) is 22.7. The third-order valence-electron chi connectivity index (χ3n) is 5.72. The van der Waals surface area contributed by atoms with Gasteiger partial charge in [-0.1, -0.05) is 48.5 Å². The first kappa shape index (κ1) is 21.7. The topological polar surface area (TPSA) is 108 Å². The summed E-state index contributed by atoms with van der Waals surface area (Å²) in [6.45, 7) is -0.107. The summed E-state index contributed by atoms with van der Waals surface area (Å²) in [5.41, 5.74) is 4.57. The summed E-state index contributed by atoms with van der Waals surface area (Å²) < 4.78 is 10.5. The summed E-state index contributed by atoms with van der Waals surface area (Å²) in [5.74, 6) is 0.171. The van der Waals surface area contributed by atoms with E-state index in [2.05, 4.69) is 17.4 Å².